The molecule has 3 aromatic rings. The van der Waals surface area contributed by atoms with E-state index >= 15 is 0 Å². The highest BCUT2D eigenvalue weighted by atomic mass is 32.2. The Morgan fingerprint density at radius 3 is 2.19 bits per heavy atom. The van der Waals surface area contributed by atoms with Gasteiger partial charge in [-0.15, -0.1) is 0 Å². The van der Waals surface area contributed by atoms with E-state index in [0.717, 1.165) is 53.9 Å². The molecule has 37 heavy (non-hydrogen) atoms. The zero-order chi connectivity index (χ0) is 25.9. The molecule has 0 radical (unpaired) electrons. The van der Waals surface area contributed by atoms with Crippen molar-refractivity contribution in [2.75, 3.05) is 5.75 Å². The van der Waals surface area contributed by atoms with Gasteiger partial charge in [-0.1, -0.05) is 97.8 Å². The fourth-order valence-corrected chi connectivity index (χ4v) is 5.85. The summed E-state index contributed by atoms with van der Waals surface area (Å²) in [5.41, 5.74) is 4.54. The molecule has 5 heteroatoms. The van der Waals surface area contributed by atoms with Crippen molar-refractivity contribution in [2.45, 2.75) is 69.8 Å². The summed E-state index contributed by atoms with van der Waals surface area (Å²) in [6, 6.07) is 28.2. The summed E-state index contributed by atoms with van der Waals surface area (Å²) >= 11 is 1.76. The SMILES string of the molecule is Cc1ccccc1CN(C(=O)CCSCc1ccccc1)[C@@H](Cc1ccccc1)C(=O)NC1CCCC1. The van der Waals surface area contributed by atoms with Crippen LogP contribution >= 0.6 is 11.8 Å². The van der Waals surface area contributed by atoms with Crippen LogP contribution < -0.4 is 5.32 Å². The summed E-state index contributed by atoms with van der Waals surface area (Å²) in [6.45, 7) is 2.50. The molecule has 4 rings (SSSR count). The van der Waals surface area contributed by atoms with Gasteiger partial charge in [-0.05, 0) is 42.0 Å². The van der Waals surface area contributed by atoms with Crippen molar-refractivity contribution >= 4 is 23.6 Å². The minimum absolute atomic E-state index is 0.0328. The minimum Gasteiger partial charge on any atom is -0.352 e. The van der Waals surface area contributed by atoms with E-state index in [1.807, 2.05) is 65.6 Å². The first-order valence-electron chi connectivity index (χ1n) is 13.4. The average Bonchev–Trinajstić information content (AvgIpc) is 3.43. The second-order valence-corrected chi connectivity index (χ2v) is 11.0. The molecule has 4 nitrogen and oxygen atoms in total. The summed E-state index contributed by atoms with van der Waals surface area (Å²) in [7, 11) is 0. The maximum absolute atomic E-state index is 13.8. The number of rotatable bonds is 12. The van der Waals surface area contributed by atoms with Gasteiger partial charge in [-0.3, -0.25) is 9.59 Å². The van der Waals surface area contributed by atoms with E-state index in [9.17, 15) is 9.59 Å². The second-order valence-electron chi connectivity index (χ2n) is 9.93. The maximum Gasteiger partial charge on any atom is 0.243 e. The molecule has 194 valence electrons. The lowest BCUT2D eigenvalue weighted by atomic mass is 10.0. The molecule has 0 spiro atoms. The van der Waals surface area contributed by atoms with Gasteiger partial charge in [0.15, 0.2) is 0 Å². The molecule has 0 aromatic heterocycles. The van der Waals surface area contributed by atoms with Crippen molar-refractivity contribution in [1.29, 1.82) is 0 Å². The Morgan fingerprint density at radius 2 is 1.51 bits per heavy atom. The van der Waals surface area contributed by atoms with Crippen LogP contribution in [0.25, 0.3) is 0 Å². The van der Waals surface area contributed by atoms with Crippen LogP contribution in [0.15, 0.2) is 84.9 Å². The van der Waals surface area contributed by atoms with E-state index in [2.05, 4.69) is 36.5 Å². The first-order valence-corrected chi connectivity index (χ1v) is 14.6. The van der Waals surface area contributed by atoms with Gasteiger partial charge in [-0.25, -0.2) is 0 Å². The molecule has 1 N–H and O–H groups in total. The molecule has 1 saturated carbocycles. The van der Waals surface area contributed by atoms with Crippen molar-refractivity contribution in [3.63, 3.8) is 0 Å². The van der Waals surface area contributed by atoms with Crippen molar-refractivity contribution in [3.05, 3.63) is 107 Å². The Kier molecular flexibility index (Phi) is 10.2. The number of thioether (sulfide) groups is 1. The molecule has 0 heterocycles. The van der Waals surface area contributed by atoms with Gasteiger partial charge in [0, 0.05) is 36.9 Å². The highest BCUT2D eigenvalue weighted by Gasteiger charge is 2.32. The summed E-state index contributed by atoms with van der Waals surface area (Å²) in [4.78, 5) is 29.3. The quantitative estimate of drug-likeness (QED) is 0.288. The zero-order valence-electron chi connectivity index (χ0n) is 21.8. The Morgan fingerprint density at radius 1 is 0.892 bits per heavy atom. The number of benzene rings is 3. The molecule has 3 aromatic carbocycles. The number of amides is 2. The topological polar surface area (TPSA) is 49.4 Å². The van der Waals surface area contributed by atoms with E-state index in [0.29, 0.717) is 19.4 Å². The molecule has 2 amide bonds. The fraction of sp³-hybridized carbons (Fsp3) is 0.375. The first kappa shape index (κ1) is 27.0. The van der Waals surface area contributed by atoms with E-state index in [-0.39, 0.29) is 17.9 Å². The van der Waals surface area contributed by atoms with Crippen LogP contribution in [0.3, 0.4) is 0 Å². The van der Waals surface area contributed by atoms with Crippen LogP contribution in [-0.2, 0) is 28.3 Å². The Balaban J connectivity index is 1.53. The number of hydrogen-bond donors (Lipinski definition) is 1. The molecular formula is C32H38N2O2S. The summed E-state index contributed by atoms with van der Waals surface area (Å²) in [6.07, 6.45) is 5.26. The van der Waals surface area contributed by atoms with Gasteiger partial charge in [0.2, 0.25) is 11.8 Å². The minimum atomic E-state index is -0.547. The number of carbonyl (C=O) groups excluding carboxylic acids is 2. The van der Waals surface area contributed by atoms with E-state index in [4.69, 9.17) is 0 Å². The normalized spacial score (nSPS) is 14.3. The molecule has 1 aliphatic rings. The smallest absolute Gasteiger partial charge is 0.243 e. The highest BCUT2D eigenvalue weighted by Crippen LogP contribution is 2.22. The standard InChI is InChI=1S/C32H38N2O2S/c1-25-12-8-9-17-28(25)23-34(31(35)20-21-37-24-27-15-6-3-7-16-27)30(22-26-13-4-2-5-14-26)32(36)33-29-18-10-11-19-29/h2-9,12-17,29-30H,10-11,18-24H2,1H3,(H,33,36)/t30-/m0/s1. The fourth-order valence-electron chi connectivity index (χ4n) is 4.96. The summed E-state index contributed by atoms with van der Waals surface area (Å²) in [5.74, 6) is 1.60. The summed E-state index contributed by atoms with van der Waals surface area (Å²) < 4.78 is 0. The van der Waals surface area contributed by atoms with Crippen LogP contribution in [0.2, 0.25) is 0 Å². The molecule has 0 unspecified atom stereocenters. The Labute approximate surface area is 225 Å². The lowest BCUT2D eigenvalue weighted by Crippen LogP contribution is -2.52. The monoisotopic (exact) mass is 514 g/mol. The zero-order valence-corrected chi connectivity index (χ0v) is 22.6. The van der Waals surface area contributed by atoms with Gasteiger partial charge < -0.3 is 10.2 Å². The molecule has 0 saturated heterocycles. The number of nitrogens with zero attached hydrogens (tertiary/aromatic N) is 1. The predicted molar refractivity (Wildman–Crippen MR) is 153 cm³/mol. The van der Waals surface area contributed by atoms with Crippen molar-refractivity contribution in [2.24, 2.45) is 0 Å². The molecule has 0 aliphatic heterocycles. The Hall–Kier alpha value is -3.05. The third-order valence-electron chi connectivity index (χ3n) is 7.15. The van der Waals surface area contributed by atoms with E-state index in [1.54, 1.807) is 11.8 Å². The largest absolute Gasteiger partial charge is 0.352 e. The van der Waals surface area contributed by atoms with Crippen molar-refractivity contribution in [1.82, 2.24) is 10.2 Å². The van der Waals surface area contributed by atoms with Crippen LogP contribution in [-0.4, -0.2) is 34.6 Å². The van der Waals surface area contributed by atoms with Crippen LogP contribution in [0.4, 0.5) is 0 Å². The number of carbonyl (C=O) groups is 2. The number of aryl methyl sites for hydroxylation is 1. The van der Waals surface area contributed by atoms with Crippen LogP contribution in [0.5, 0.6) is 0 Å². The maximum atomic E-state index is 13.8. The molecular weight excluding hydrogens is 476 g/mol. The number of hydrogen-bond acceptors (Lipinski definition) is 3. The molecule has 1 atom stereocenters. The lowest BCUT2D eigenvalue weighted by molar-refractivity contribution is -0.141. The van der Waals surface area contributed by atoms with Crippen LogP contribution in [0, 0.1) is 6.92 Å². The first-order chi connectivity index (χ1) is 18.1. The predicted octanol–water partition coefficient (Wildman–Crippen LogP) is 6.32. The van der Waals surface area contributed by atoms with Gasteiger partial charge in [-0.2, -0.15) is 11.8 Å². The van der Waals surface area contributed by atoms with Gasteiger partial charge in [0.05, 0.1) is 0 Å². The molecule has 1 fully saturated rings. The van der Waals surface area contributed by atoms with E-state index in [1.165, 1.54) is 5.56 Å². The number of nitrogens with one attached hydrogen (secondary N) is 1. The van der Waals surface area contributed by atoms with Gasteiger partial charge in [0.25, 0.3) is 0 Å². The van der Waals surface area contributed by atoms with Crippen molar-refractivity contribution in [3.8, 4) is 0 Å². The molecule has 0 bridgehead atoms. The van der Waals surface area contributed by atoms with Gasteiger partial charge in [0.1, 0.15) is 6.04 Å². The Bertz CT molecular complexity index is 1130. The van der Waals surface area contributed by atoms with Crippen LogP contribution in [0.1, 0.15) is 54.4 Å². The highest BCUT2D eigenvalue weighted by molar-refractivity contribution is 7.98. The van der Waals surface area contributed by atoms with Crippen molar-refractivity contribution < 1.29 is 9.59 Å². The lowest BCUT2D eigenvalue weighted by Gasteiger charge is -2.33. The van der Waals surface area contributed by atoms with E-state index < -0.39 is 6.04 Å². The average molecular weight is 515 g/mol. The third kappa shape index (κ3) is 8.22. The third-order valence-corrected chi connectivity index (χ3v) is 8.18. The van der Waals surface area contributed by atoms with Gasteiger partial charge >= 0.3 is 0 Å². The summed E-state index contributed by atoms with van der Waals surface area (Å²) in [5, 5.41) is 3.29. The second kappa shape index (κ2) is 14.0. The molecule has 1 aliphatic carbocycles.